The highest BCUT2D eigenvalue weighted by Crippen LogP contribution is 2.27. The largest absolute Gasteiger partial charge is 0.495 e. The first kappa shape index (κ1) is 20.1. The number of fused-ring (bicyclic) bond motifs is 1. The minimum absolute atomic E-state index is 0.137. The number of nitrogens with zero attached hydrogens (tertiary/aromatic N) is 3. The summed E-state index contributed by atoms with van der Waals surface area (Å²) in [7, 11) is 1.56. The van der Waals surface area contributed by atoms with Gasteiger partial charge in [-0.05, 0) is 42.8 Å². The van der Waals surface area contributed by atoms with E-state index in [1.807, 2.05) is 31.2 Å². The van der Waals surface area contributed by atoms with Gasteiger partial charge in [0.25, 0.3) is 5.56 Å². The molecule has 4 aromatic rings. The first-order valence-electron chi connectivity index (χ1n) is 9.56. The highest BCUT2D eigenvalue weighted by Gasteiger charge is 2.16. The summed E-state index contributed by atoms with van der Waals surface area (Å²) in [6.45, 7) is 1.76. The summed E-state index contributed by atoms with van der Waals surface area (Å²) in [6.07, 6.45) is 3.29. The van der Waals surface area contributed by atoms with E-state index in [1.54, 1.807) is 43.8 Å². The number of nitrogens with one attached hydrogen (secondary N) is 1. The molecule has 8 heteroatoms. The molecule has 0 aliphatic carbocycles. The van der Waals surface area contributed by atoms with Crippen LogP contribution in [0.15, 0.2) is 71.8 Å². The predicted molar refractivity (Wildman–Crippen MR) is 116 cm³/mol. The molecule has 0 aliphatic rings. The Hall–Kier alpha value is -4.20. The van der Waals surface area contributed by atoms with Crippen molar-refractivity contribution >= 4 is 23.1 Å². The molecule has 156 valence electrons. The van der Waals surface area contributed by atoms with Crippen molar-refractivity contribution in [2.45, 2.75) is 13.5 Å². The van der Waals surface area contributed by atoms with Gasteiger partial charge in [0.05, 0.1) is 18.5 Å². The van der Waals surface area contributed by atoms with Gasteiger partial charge in [-0.1, -0.05) is 18.2 Å². The van der Waals surface area contributed by atoms with Crippen LogP contribution in [0, 0.1) is 6.92 Å². The van der Waals surface area contributed by atoms with Crippen LogP contribution in [-0.2, 0) is 11.3 Å². The Morgan fingerprint density at radius 1 is 1.13 bits per heavy atom. The molecule has 3 aromatic heterocycles. The van der Waals surface area contributed by atoms with E-state index in [0.29, 0.717) is 28.6 Å². The van der Waals surface area contributed by atoms with E-state index in [-0.39, 0.29) is 17.7 Å². The second-order valence-electron chi connectivity index (χ2n) is 6.82. The van der Waals surface area contributed by atoms with Gasteiger partial charge >= 0.3 is 5.97 Å². The number of carbonyl (C=O) groups excluding carboxylic acids is 1. The zero-order valence-corrected chi connectivity index (χ0v) is 17.0. The van der Waals surface area contributed by atoms with Gasteiger partial charge in [0.2, 0.25) is 0 Å². The van der Waals surface area contributed by atoms with Crippen LogP contribution in [0.25, 0.3) is 5.65 Å². The Balaban J connectivity index is 1.54. The molecule has 3 heterocycles. The van der Waals surface area contributed by atoms with Crippen LogP contribution in [0.4, 0.5) is 11.5 Å². The Morgan fingerprint density at radius 2 is 1.97 bits per heavy atom. The standard InChI is InChI=1S/C23H20N4O4/c1-15-9-10-20-25-16(12-21(28)27(20)13-15)14-31-23(29)17-6-5-11-24-22(17)26-18-7-3-4-8-19(18)30-2/h3-13H,14H2,1-2H3,(H,24,26). The highest BCUT2D eigenvalue weighted by atomic mass is 16.5. The average molecular weight is 416 g/mol. The van der Waals surface area contributed by atoms with Gasteiger partial charge in [0, 0.05) is 18.5 Å². The topological polar surface area (TPSA) is 94.8 Å². The van der Waals surface area contributed by atoms with Crippen molar-refractivity contribution in [3.05, 3.63) is 94.2 Å². The molecule has 8 nitrogen and oxygen atoms in total. The van der Waals surface area contributed by atoms with Crippen molar-refractivity contribution < 1.29 is 14.3 Å². The number of rotatable bonds is 6. The predicted octanol–water partition coefficient (Wildman–Crippen LogP) is 3.51. The molecule has 31 heavy (non-hydrogen) atoms. The van der Waals surface area contributed by atoms with Crippen molar-refractivity contribution in [2.75, 3.05) is 12.4 Å². The fraction of sp³-hybridized carbons (Fsp3) is 0.130. The van der Waals surface area contributed by atoms with Gasteiger partial charge in [0.1, 0.15) is 29.4 Å². The molecule has 0 aliphatic heterocycles. The number of anilines is 2. The lowest BCUT2D eigenvalue weighted by Crippen LogP contribution is -2.17. The molecule has 0 fully saturated rings. The maximum Gasteiger partial charge on any atom is 0.342 e. The van der Waals surface area contributed by atoms with Crippen molar-refractivity contribution in [2.24, 2.45) is 0 Å². The third kappa shape index (κ3) is 4.37. The summed E-state index contributed by atoms with van der Waals surface area (Å²) in [5.41, 5.74) is 2.48. The Kier molecular flexibility index (Phi) is 5.61. The number of hydrogen-bond acceptors (Lipinski definition) is 7. The number of aromatic nitrogens is 3. The third-order valence-electron chi connectivity index (χ3n) is 4.60. The summed E-state index contributed by atoms with van der Waals surface area (Å²) >= 11 is 0. The summed E-state index contributed by atoms with van der Waals surface area (Å²) in [4.78, 5) is 33.7. The molecule has 0 spiro atoms. The highest BCUT2D eigenvalue weighted by molar-refractivity contribution is 5.95. The van der Waals surface area contributed by atoms with Crippen LogP contribution < -0.4 is 15.6 Å². The van der Waals surface area contributed by atoms with E-state index in [2.05, 4.69) is 15.3 Å². The van der Waals surface area contributed by atoms with E-state index in [4.69, 9.17) is 9.47 Å². The SMILES string of the molecule is COc1ccccc1Nc1ncccc1C(=O)OCc1cc(=O)n2cc(C)ccc2n1. The fourth-order valence-electron chi connectivity index (χ4n) is 3.09. The molecule has 0 saturated carbocycles. The number of pyridine rings is 2. The zero-order chi connectivity index (χ0) is 21.8. The van der Waals surface area contributed by atoms with Gasteiger partial charge in [-0.2, -0.15) is 0 Å². The smallest absolute Gasteiger partial charge is 0.342 e. The van der Waals surface area contributed by atoms with Gasteiger partial charge in [-0.25, -0.2) is 14.8 Å². The number of carbonyl (C=O) groups is 1. The van der Waals surface area contributed by atoms with Crippen molar-refractivity contribution in [1.29, 1.82) is 0 Å². The quantitative estimate of drug-likeness (QED) is 0.481. The molecule has 0 atom stereocenters. The number of esters is 1. The molecule has 0 bridgehead atoms. The third-order valence-corrected chi connectivity index (χ3v) is 4.60. The van der Waals surface area contributed by atoms with E-state index < -0.39 is 5.97 Å². The fourth-order valence-corrected chi connectivity index (χ4v) is 3.09. The number of benzene rings is 1. The van der Waals surface area contributed by atoms with Gasteiger partial charge in [-0.15, -0.1) is 0 Å². The molecule has 0 unspecified atom stereocenters. The van der Waals surface area contributed by atoms with Crippen LogP contribution in [0.2, 0.25) is 0 Å². The molecule has 1 aromatic carbocycles. The summed E-state index contributed by atoms with van der Waals surface area (Å²) in [5.74, 6) is 0.360. The minimum atomic E-state index is -0.587. The Labute approximate surface area is 178 Å². The van der Waals surface area contributed by atoms with E-state index in [9.17, 15) is 9.59 Å². The molecule has 1 N–H and O–H groups in total. The van der Waals surface area contributed by atoms with E-state index in [1.165, 1.54) is 10.5 Å². The number of aryl methyl sites for hydroxylation is 1. The van der Waals surface area contributed by atoms with Crippen molar-refractivity contribution in [3.63, 3.8) is 0 Å². The molecule has 0 radical (unpaired) electrons. The summed E-state index contributed by atoms with van der Waals surface area (Å²) in [5, 5.41) is 3.10. The lowest BCUT2D eigenvalue weighted by atomic mass is 10.2. The average Bonchev–Trinajstić information content (AvgIpc) is 2.79. The molecular formula is C23H20N4O4. The van der Waals surface area contributed by atoms with Crippen molar-refractivity contribution in [1.82, 2.24) is 14.4 Å². The lowest BCUT2D eigenvalue weighted by molar-refractivity contribution is 0.0468. The maximum atomic E-state index is 12.7. The zero-order valence-electron chi connectivity index (χ0n) is 17.0. The molecule has 4 rings (SSSR count). The van der Waals surface area contributed by atoms with Crippen LogP contribution in [-0.4, -0.2) is 27.4 Å². The van der Waals surface area contributed by atoms with Crippen LogP contribution in [0.1, 0.15) is 21.6 Å². The van der Waals surface area contributed by atoms with Gasteiger partial charge in [0.15, 0.2) is 0 Å². The maximum absolute atomic E-state index is 12.7. The van der Waals surface area contributed by atoms with Crippen LogP contribution in [0.5, 0.6) is 5.75 Å². The Morgan fingerprint density at radius 3 is 2.81 bits per heavy atom. The summed E-state index contributed by atoms with van der Waals surface area (Å²) in [6, 6.07) is 15.5. The first-order chi connectivity index (χ1) is 15.0. The second-order valence-corrected chi connectivity index (χ2v) is 6.82. The normalized spacial score (nSPS) is 10.6. The molecule has 0 saturated heterocycles. The van der Waals surface area contributed by atoms with Gasteiger partial charge < -0.3 is 14.8 Å². The Bertz CT molecular complexity index is 1320. The monoisotopic (exact) mass is 416 g/mol. The van der Waals surface area contributed by atoms with Crippen LogP contribution in [0.3, 0.4) is 0 Å². The van der Waals surface area contributed by atoms with Crippen LogP contribution >= 0.6 is 0 Å². The van der Waals surface area contributed by atoms with Crippen molar-refractivity contribution in [3.8, 4) is 5.75 Å². The van der Waals surface area contributed by atoms with Gasteiger partial charge in [-0.3, -0.25) is 9.20 Å². The summed E-state index contributed by atoms with van der Waals surface area (Å²) < 4.78 is 12.2. The number of methoxy groups -OCH3 is 1. The number of para-hydroxylation sites is 2. The van der Waals surface area contributed by atoms with E-state index >= 15 is 0 Å². The lowest BCUT2D eigenvalue weighted by Gasteiger charge is -2.13. The molecule has 0 amide bonds. The second kappa shape index (κ2) is 8.66. The van der Waals surface area contributed by atoms with E-state index in [0.717, 1.165) is 5.56 Å². The number of ether oxygens (including phenoxy) is 2. The number of hydrogen-bond donors (Lipinski definition) is 1. The first-order valence-corrected chi connectivity index (χ1v) is 9.56. The molecular weight excluding hydrogens is 396 g/mol. The minimum Gasteiger partial charge on any atom is -0.495 e.